The molecule has 0 amide bonds. The summed E-state index contributed by atoms with van der Waals surface area (Å²) in [5, 5.41) is 0.0217. The van der Waals surface area contributed by atoms with Crippen LogP contribution in [0.15, 0.2) is 109 Å². The van der Waals surface area contributed by atoms with E-state index < -0.39 is 11.6 Å². The predicted molar refractivity (Wildman–Crippen MR) is 234 cm³/mol. The summed E-state index contributed by atoms with van der Waals surface area (Å²) < 4.78 is 17.6. The van der Waals surface area contributed by atoms with E-state index in [1.165, 1.54) is 0 Å². The van der Waals surface area contributed by atoms with E-state index in [2.05, 4.69) is 86.0 Å². The highest BCUT2D eigenvalue weighted by Crippen LogP contribution is 2.53. The number of methoxy groups -OCH3 is 2. The van der Waals surface area contributed by atoms with Crippen molar-refractivity contribution in [3.05, 3.63) is 163 Å². The van der Waals surface area contributed by atoms with Gasteiger partial charge in [0, 0.05) is 43.1 Å². The third-order valence-corrected chi connectivity index (χ3v) is 12.1. The van der Waals surface area contributed by atoms with Crippen LogP contribution in [-0.2, 0) is 10.3 Å². The lowest BCUT2D eigenvalue weighted by atomic mass is 9.83. The largest absolute Gasteiger partial charge is 0.497 e. The van der Waals surface area contributed by atoms with E-state index in [0.29, 0.717) is 17.1 Å². The number of benzene rings is 5. The van der Waals surface area contributed by atoms with Crippen LogP contribution in [0, 0.1) is 0 Å². The van der Waals surface area contributed by atoms with Crippen molar-refractivity contribution in [3.63, 3.8) is 0 Å². The van der Waals surface area contributed by atoms with Crippen molar-refractivity contribution >= 4 is 74.9 Å². The molecule has 0 spiro atoms. The molecule has 0 aliphatic carbocycles. The highest BCUT2D eigenvalue weighted by molar-refractivity contribution is 6.53. The van der Waals surface area contributed by atoms with E-state index in [-0.39, 0.29) is 25.7 Å². The number of fused-ring (bicyclic) bond motifs is 1. The number of hydrogen-bond acceptors (Lipinski definition) is 6. The van der Waals surface area contributed by atoms with Crippen molar-refractivity contribution < 1.29 is 19.0 Å². The van der Waals surface area contributed by atoms with Gasteiger partial charge in [0.15, 0.2) is 5.60 Å². The quantitative estimate of drug-likeness (QED) is 0.0631. The van der Waals surface area contributed by atoms with Crippen LogP contribution in [-0.4, -0.2) is 46.4 Å². The van der Waals surface area contributed by atoms with Crippen LogP contribution in [0.5, 0.6) is 11.5 Å². The first-order valence-electron chi connectivity index (χ1n) is 18.6. The standard InChI is InChI=1S/C46H44Cl4N2O4/c1-7-51(8-2)33-19-11-29(12-20-33)37(31-15-23-35(54-5)24-16-31)27-46(40-39(45(53)56-46)41(47)43(49)44(50)42(40)48)28-38(32-17-25-36(55-6)26-18-32)30-13-21-34(22-14-30)52(9-3)10-4/h11-28H,7-10H2,1-6H3/b37-27-,38-28-. The minimum absolute atomic E-state index is 0.0192. The Morgan fingerprint density at radius 3 is 1.23 bits per heavy atom. The summed E-state index contributed by atoms with van der Waals surface area (Å²) in [5.41, 5.74) is 5.85. The Balaban J connectivity index is 1.71. The summed E-state index contributed by atoms with van der Waals surface area (Å²) in [6, 6.07) is 32.1. The minimum Gasteiger partial charge on any atom is -0.497 e. The molecule has 1 aliphatic heterocycles. The molecule has 56 heavy (non-hydrogen) atoms. The van der Waals surface area contributed by atoms with E-state index >= 15 is 0 Å². The Kier molecular flexibility index (Phi) is 13.0. The first-order valence-corrected chi connectivity index (χ1v) is 20.1. The molecule has 0 bridgehead atoms. The van der Waals surface area contributed by atoms with Gasteiger partial charge in [0.1, 0.15) is 11.5 Å². The fourth-order valence-corrected chi connectivity index (χ4v) is 8.29. The van der Waals surface area contributed by atoms with Gasteiger partial charge in [-0.25, -0.2) is 4.79 Å². The van der Waals surface area contributed by atoms with E-state index in [0.717, 1.165) is 71.0 Å². The summed E-state index contributed by atoms with van der Waals surface area (Å²) in [4.78, 5) is 18.8. The lowest BCUT2D eigenvalue weighted by Gasteiger charge is -2.28. The number of halogens is 4. The topological polar surface area (TPSA) is 51.2 Å². The molecule has 1 aliphatic rings. The van der Waals surface area contributed by atoms with Gasteiger partial charge in [0.25, 0.3) is 0 Å². The Morgan fingerprint density at radius 1 is 0.554 bits per heavy atom. The average Bonchev–Trinajstić information content (AvgIpc) is 3.53. The summed E-state index contributed by atoms with van der Waals surface area (Å²) >= 11 is 27.4. The molecule has 0 saturated heterocycles. The molecule has 0 fully saturated rings. The van der Waals surface area contributed by atoms with E-state index in [4.69, 9.17) is 60.6 Å². The molecule has 5 aromatic rings. The minimum atomic E-state index is -1.64. The van der Waals surface area contributed by atoms with Crippen LogP contribution >= 0.6 is 46.4 Å². The lowest BCUT2D eigenvalue weighted by Crippen LogP contribution is -2.23. The average molecular weight is 831 g/mol. The van der Waals surface area contributed by atoms with Gasteiger partial charge in [-0.15, -0.1) is 0 Å². The first-order chi connectivity index (χ1) is 27.0. The zero-order chi connectivity index (χ0) is 40.1. The Labute approximate surface area is 349 Å². The number of esters is 1. The molecule has 0 atom stereocenters. The van der Waals surface area contributed by atoms with Crippen LogP contribution < -0.4 is 19.3 Å². The van der Waals surface area contributed by atoms with Crippen LogP contribution in [0.2, 0.25) is 20.1 Å². The van der Waals surface area contributed by atoms with Crippen molar-refractivity contribution in [1.82, 2.24) is 0 Å². The van der Waals surface area contributed by atoms with E-state index in [1.54, 1.807) is 14.2 Å². The maximum atomic E-state index is 14.2. The normalized spacial score (nSPS) is 15.4. The summed E-state index contributed by atoms with van der Waals surface area (Å²) in [7, 11) is 3.25. The van der Waals surface area contributed by atoms with Gasteiger partial charge in [0.2, 0.25) is 0 Å². The molecule has 290 valence electrons. The summed E-state index contributed by atoms with van der Waals surface area (Å²) in [6.45, 7) is 12.0. The van der Waals surface area contributed by atoms with Crippen molar-refractivity contribution in [2.24, 2.45) is 0 Å². The highest BCUT2D eigenvalue weighted by atomic mass is 35.5. The van der Waals surface area contributed by atoms with Crippen LogP contribution in [0.4, 0.5) is 11.4 Å². The number of carbonyl (C=O) groups excluding carboxylic acids is 1. The van der Waals surface area contributed by atoms with Crippen molar-refractivity contribution in [2.75, 3.05) is 50.2 Å². The fraction of sp³-hybridized carbons (Fsp3) is 0.239. The first kappa shape index (κ1) is 41.1. The highest BCUT2D eigenvalue weighted by Gasteiger charge is 2.48. The molecule has 0 N–H and O–H groups in total. The van der Waals surface area contributed by atoms with Gasteiger partial charge < -0.3 is 24.0 Å². The molecule has 6 rings (SSSR count). The van der Waals surface area contributed by atoms with Gasteiger partial charge in [-0.3, -0.25) is 0 Å². The number of cyclic esters (lactones) is 1. The molecule has 0 radical (unpaired) electrons. The van der Waals surface area contributed by atoms with Crippen LogP contribution in [0.1, 0.15) is 65.9 Å². The second-order valence-corrected chi connectivity index (χ2v) is 14.7. The lowest BCUT2D eigenvalue weighted by molar-refractivity contribution is 0.0300. The van der Waals surface area contributed by atoms with Crippen LogP contribution in [0.3, 0.4) is 0 Å². The predicted octanol–water partition coefficient (Wildman–Crippen LogP) is 12.6. The Hall–Kier alpha value is -4.59. The molecule has 0 saturated carbocycles. The Morgan fingerprint density at radius 2 is 0.893 bits per heavy atom. The molecule has 6 nitrogen and oxygen atoms in total. The van der Waals surface area contributed by atoms with E-state index in [9.17, 15) is 4.79 Å². The fourth-order valence-electron chi connectivity index (χ4n) is 7.21. The van der Waals surface area contributed by atoms with Gasteiger partial charge in [-0.2, -0.15) is 0 Å². The molecule has 0 aromatic heterocycles. The number of carbonyl (C=O) groups is 1. The third-order valence-electron chi connectivity index (χ3n) is 10.3. The number of anilines is 2. The van der Waals surface area contributed by atoms with Gasteiger partial charge in [-0.1, -0.05) is 94.9 Å². The smallest absolute Gasteiger partial charge is 0.341 e. The number of rotatable bonds is 14. The maximum Gasteiger partial charge on any atom is 0.341 e. The molecular formula is C46H44Cl4N2O4. The molecule has 10 heteroatoms. The van der Waals surface area contributed by atoms with Crippen LogP contribution in [0.25, 0.3) is 11.1 Å². The summed E-state index contributed by atoms with van der Waals surface area (Å²) in [5.74, 6) is 0.710. The maximum absolute atomic E-state index is 14.2. The van der Waals surface area contributed by atoms with Crippen molar-refractivity contribution in [3.8, 4) is 11.5 Å². The van der Waals surface area contributed by atoms with E-state index in [1.807, 2.05) is 60.7 Å². The van der Waals surface area contributed by atoms with Gasteiger partial charge in [-0.05, 0) is 122 Å². The summed E-state index contributed by atoms with van der Waals surface area (Å²) in [6.07, 6.45) is 3.84. The number of nitrogens with zero attached hydrogens (tertiary/aromatic N) is 2. The molecule has 5 aromatic carbocycles. The third kappa shape index (κ3) is 7.99. The van der Waals surface area contributed by atoms with Crippen molar-refractivity contribution in [2.45, 2.75) is 33.3 Å². The zero-order valence-corrected chi connectivity index (χ0v) is 35.3. The second-order valence-electron chi connectivity index (χ2n) is 13.2. The number of ether oxygens (including phenoxy) is 3. The van der Waals surface area contributed by atoms with Crippen molar-refractivity contribution in [1.29, 1.82) is 0 Å². The monoisotopic (exact) mass is 828 g/mol. The SMILES string of the molecule is CCN(CC)c1ccc(/C(=C/C2(/C=C(\c3ccc(OC)cc3)c3ccc(N(CC)CC)cc3)OC(=O)c3c(Cl)c(Cl)c(Cl)c(Cl)c32)c2ccc(OC)cc2)cc1. The molecular weight excluding hydrogens is 786 g/mol. The number of hydrogen-bond donors (Lipinski definition) is 0. The second kappa shape index (κ2) is 17.7. The van der Waals surface area contributed by atoms with Gasteiger partial charge >= 0.3 is 5.97 Å². The molecule has 0 unspecified atom stereocenters. The van der Waals surface area contributed by atoms with Gasteiger partial charge in [0.05, 0.1) is 39.9 Å². The zero-order valence-electron chi connectivity index (χ0n) is 32.3. The Bertz CT molecular complexity index is 2130. The molecule has 1 heterocycles.